The van der Waals surface area contributed by atoms with Gasteiger partial charge in [0.25, 0.3) is 5.91 Å². The van der Waals surface area contributed by atoms with Gasteiger partial charge >= 0.3 is 5.97 Å². The summed E-state index contributed by atoms with van der Waals surface area (Å²) in [5, 5.41) is 11.1. The number of pyridine rings is 1. The van der Waals surface area contributed by atoms with E-state index in [2.05, 4.69) is 10.3 Å². The molecule has 2 N–H and O–H groups in total. The van der Waals surface area contributed by atoms with E-state index in [-0.39, 0.29) is 18.2 Å². The summed E-state index contributed by atoms with van der Waals surface area (Å²) in [4.78, 5) is 25.1. The van der Waals surface area contributed by atoms with Gasteiger partial charge in [0.1, 0.15) is 0 Å². The van der Waals surface area contributed by atoms with Gasteiger partial charge in [-0.25, -0.2) is 9.78 Å². The van der Waals surface area contributed by atoms with Gasteiger partial charge in [0.15, 0.2) is 18.1 Å². The number of aromatic carboxylic acids is 1. The number of fused-ring (bicyclic) bond motifs is 1. The summed E-state index contributed by atoms with van der Waals surface area (Å²) in [5.41, 5.74) is 0.211. The highest BCUT2D eigenvalue weighted by Crippen LogP contribution is 2.26. The molecule has 1 aliphatic heterocycles. The third-order valence-electron chi connectivity index (χ3n) is 1.72. The summed E-state index contributed by atoms with van der Waals surface area (Å²) in [6.07, 6.45) is 1.28. The fourth-order valence-corrected chi connectivity index (χ4v) is 1.10. The molecule has 14 heavy (non-hydrogen) atoms. The maximum absolute atomic E-state index is 10.9. The van der Waals surface area contributed by atoms with Crippen molar-refractivity contribution in [1.82, 2.24) is 4.98 Å². The molecule has 6 heteroatoms. The number of anilines is 1. The number of amides is 1. The number of nitrogens with zero attached hydrogens (tertiary/aromatic N) is 1. The SMILES string of the molecule is O=C1COc2cnc(C(=O)O)cc2N1. The van der Waals surface area contributed by atoms with Crippen molar-refractivity contribution >= 4 is 17.6 Å². The third-order valence-corrected chi connectivity index (χ3v) is 1.72. The van der Waals surface area contributed by atoms with Crippen LogP contribution in [0.5, 0.6) is 5.75 Å². The van der Waals surface area contributed by atoms with Crippen LogP contribution in [0.2, 0.25) is 0 Å². The zero-order valence-corrected chi connectivity index (χ0v) is 6.98. The highest BCUT2D eigenvalue weighted by atomic mass is 16.5. The zero-order valence-electron chi connectivity index (χ0n) is 6.98. The van der Waals surface area contributed by atoms with Crippen molar-refractivity contribution in [3.8, 4) is 5.75 Å². The van der Waals surface area contributed by atoms with E-state index in [1.165, 1.54) is 12.3 Å². The van der Waals surface area contributed by atoms with Crippen LogP contribution >= 0.6 is 0 Å². The number of nitrogens with one attached hydrogen (secondary N) is 1. The van der Waals surface area contributed by atoms with E-state index in [4.69, 9.17) is 9.84 Å². The van der Waals surface area contributed by atoms with Crippen LogP contribution < -0.4 is 10.1 Å². The second kappa shape index (κ2) is 2.99. The molecule has 1 aromatic rings. The average Bonchev–Trinajstić information content (AvgIpc) is 2.16. The van der Waals surface area contributed by atoms with Gasteiger partial charge in [-0.05, 0) is 6.07 Å². The van der Waals surface area contributed by atoms with Crippen molar-refractivity contribution in [3.05, 3.63) is 18.0 Å². The number of carbonyl (C=O) groups is 2. The quantitative estimate of drug-likeness (QED) is 0.662. The zero-order chi connectivity index (χ0) is 10.1. The Morgan fingerprint density at radius 3 is 3.14 bits per heavy atom. The van der Waals surface area contributed by atoms with Crippen molar-refractivity contribution in [2.24, 2.45) is 0 Å². The Balaban J connectivity index is 2.42. The Bertz CT molecular complexity index is 416. The van der Waals surface area contributed by atoms with Crippen molar-refractivity contribution in [2.75, 3.05) is 11.9 Å². The molecule has 1 aliphatic rings. The van der Waals surface area contributed by atoms with Gasteiger partial charge in [-0.2, -0.15) is 0 Å². The molecule has 0 atom stereocenters. The van der Waals surface area contributed by atoms with Gasteiger partial charge in [-0.3, -0.25) is 4.79 Å². The molecule has 2 rings (SSSR count). The molecule has 1 aromatic heterocycles. The van der Waals surface area contributed by atoms with Crippen LogP contribution in [0.4, 0.5) is 5.69 Å². The average molecular weight is 194 g/mol. The number of carboxylic acid groups (broad SMARTS) is 1. The first-order valence-corrected chi connectivity index (χ1v) is 3.83. The molecule has 0 saturated heterocycles. The third kappa shape index (κ3) is 1.37. The Morgan fingerprint density at radius 2 is 2.43 bits per heavy atom. The number of carbonyl (C=O) groups excluding carboxylic acids is 1. The molecular weight excluding hydrogens is 188 g/mol. The Kier molecular flexibility index (Phi) is 1.81. The van der Waals surface area contributed by atoms with Crippen LogP contribution in [-0.2, 0) is 4.79 Å². The largest absolute Gasteiger partial charge is 0.480 e. The van der Waals surface area contributed by atoms with Gasteiger partial charge in [-0.15, -0.1) is 0 Å². The van der Waals surface area contributed by atoms with Crippen molar-refractivity contribution in [2.45, 2.75) is 0 Å². The molecule has 0 fully saturated rings. The first-order valence-electron chi connectivity index (χ1n) is 3.83. The fraction of sp³-hybridized carbons (Fsp3) is 0.125. The predicted molar refractivity (Wildman–Crippen MR) is 45.3 cm³/mol. The summed E-state index contributed by atoms with van der Waals surface area (Å²) in [6.45, 7) is -0.0684. The van der Waals surface area contributed by atoms with Crippen molar-refractivity contribution in [3.63, 3.8) is 0 Å². The van der Waals surface area contributed by atoms with E-state index in [0.717, 1.165) is 0 Å². The molecule has 2 heterocycles. The molecule has 6 nitrogen and oxygen atoms in total. The van der Waals surface area contributed by atoms with Crippen LogP contribution in [-0.4, -0.2) is 28.6 Å². The van der Waals surface area contributed by atoms with E-state index < -0.39 is 5.97 Å². The standard InChI is InChI=1S/C8H6N2O4/c11-7-3-14-6-2-9-5(8(12)13)1-4(6)10-7/h1-2H,3H2,(H,10,11)(H,12,13). The van der Waals surface area contributed by atoms with Crippen LogP contribution in [0, 0.1) is 0 Å². The Morgan fingerprint density at radius 1 is 1.64 bits per heavy atom. The molecule has 0 radical (unpaired) electrons. The van der Waals surface area contributed by atoms with Crippen LogP contribution in [0.1, 0.15) is 10.5 Å². The lowest BCUT2D eigenvalue weighted by molar-refractivity contribution is -0.118. The molecule has 0 spiro atoms. The second-order valence-electron chi connectivity index (χ2n) is 2.71. The van der Waals surface area contributed by atoms with E-state index in [1.807, 2.05) is 0 Å². The Hall–Kier alpha value is -2.11. The number of hydrogen-bond acceptors (Lipinski definition) is 4. The van der Waals surface area contributed by atoms with E-state index in [0.29, 0.717) is 11.4 Å². The van der Waals surface area contributed by atoms with E-state index >= 15 is 0 Å². The van der Waals surface area contributed by atoms with Gasteiger partial charge in [0.2, 0.25) is 0 Å². The molecule has 1 amide bonds. The topological polar surface area (TPSA) is 88.5 Å². The number of carboxylic acids is 1. The van der Waals surface area contributed by atoms with E-state index in [1.54, 1.807) is 0 Å². The minimum Gasteiger partial charge on any atom is -0.480 e. The first-order chi connectivity index (χ1) is 6.66. The summed E-state index contributed by atoms with van der Waals surface area (Å²) >= 11 is 0. The molecular formula is C8H6N2O4. The summed E-state index contributed by atoms with van der Waals surface area (Å²) in [6, 6.07) is 1.26. The van der Waals surface area contributed by atoms with Crippen molar-refractivity contribution < 1.29 is 19.4 Å². The number of aromatic nitrogens is 1. The number of ether oxygens (including phenoxy) is 1. The normalized spacial score (nSPS) is 13.9. The number of rotatable bonds is 1. The highest BCUT2D eigenvalue weighted by molar-refractivity contribution is 5.97. The minimum atomic E-state index is -1.15. The summed E-state index contributed by atoms with van der Waals surface area (Å²) in [5.74, 6) is -1.07. The molecule has 72 valence electrons. The lowest BCUT2D eigenvalue weighted by Gasteiger charge is -2.17. The van der Waals surface area contributed by atoms with Gasteiger partial charge in [-0.1, -0.05) is 0 Å². The van der Waals surface area contributed by atoms with Gasteiger partial charge in [0, 0.05) is 0 Å². The summed E-state index contributed by atoms with van der Waals surface area (Å²) in [7, 11) is 0. The molecule has 0 aromatic carbocycles. The predicted octanol–water partition coefficient (Wildman–Crippen LogP) is 0.111. The second-order valence-corrected chi connectivity index (χ2v) is 2.71. The lowest BCUT2D eigenvalue weighted by Crippen LogP contribution is -2.25. The molecule has 0 saturated carbocycles. The maximum atomic E-state index is 10.9. The molecule has 0 unspecified atom stereocenters. The maximum Gasteiger partial charge on any atom is 0.354 e. The van der Waals surface area contributed by atoms with Crippen molar-refractivity contribution in [1.29, 1.82) is 0 Å². The fourth-order valence-electron chi connectivity index (χ4n) is 1.10. The highest BCUT2D eigenvalue weighted by Gasteiger charge is 2.18. The number of hydrogen-bond donors (Lipinski definition) is 2. The smallest absolute Gasteiger partial charge is 0.354 e. The molecule has 0 aliphatic carbocycles. The minimum absolute atomic E-state index is 0.0684. The van der Waals surface area contributed by atoms with Crippen LogP contribution in [0.25, 0.3) is 0 Å². The van der Waals surface area contributed by atoms with Gasteiger partial charge < -0.3 is 15.2 Å². The monoisotopic (exact) mass is 194 g/mol. The molecule has 0 bridgehead atoms. The van der Waals surface area contributed by atoms with Crippen LogP contribution in [0.15, 0.2) is 12.3 Å². The lowest BCUT2D eigenvalue weighted by atomic mass is 10.2. The van der Waals surface area contributed by atoms with Gasteiger partial charge in [0.05, 0.1) is 11.9 Å². The van der Waals surface area contributed by atoms with Crippen LogP contribution in [0.3, 0.4) is 0 Å². The summed E-state index contributed by atoms with van der Waals surface area (Å²) < 4.78 is 5.00. The van der Waals surface area contributed by atoms with E-state index in [9.17, 15) is 9.59 Å². The first kappa shape index (κ1) is 8.49. The Labute approximate surface area is 78.5 Å².